The minimum absolute atomic E-state index is 0.0122. The molecular weight excluding hydrogens is 246 g/mol. The van der Waals surface area contributed by atoms with Crippen molar-refractivity contribution in [1.82, 2.24) is 10.2 Å². The largest absolute Gasteiger partial charge is 0.450 e. The van der Waals surface area contributed by atoms with Gasteiger partial charge in [0.2, 0.25) is 5.91 Å². The van der Waals surface area contributed by atoms with Gasteiger partial charge in [-0.25, -0.2) is 4.79 Å². The molecule has 19 heavy (non-hydrogen) atoms. The van der Waals surface area contributed by atoms with Gasteiger partial charge in [-0.15, -0.1) is 0 Å². The van der Waals surface area contributed by atoms with Crippen LogP contribution in [0.25, 0.3) is 0 Å². The van der Waals surface area contributed by atoms with Gasteiger partial charge in [-0.1, -0.05) is 6.92 Å². The van der Waals surface area contributed by atoms with E-state index in [2.05, 4.69) is 5.32 Å². The number of hydrogen-bond donors (Lipinski definition) is 2. The van der Waals surface area contributed by atoms with Crippen LogP contribution in [0, 0.1) is 5.92 Å². The van der Waals surface area contributed by atoms with E-state index in [0.717, 1.165) is 19.4 Å². The molecule has 6 nitrogen and oxygen atoms in total. The fourth-order valence-corrected chi connectivity index (χ4v) is 2.32. The van der Waals surface area contributed by atoms with Crippen LogP contribution in [0.5, 0.6) is 0 Å². The average Bonchev–Trinajstić information content (AvgIpc) is 2.38. The second-order valence-corrected chi connectivity index (χ2v) is 4.97. The van der Waals surface area contributed by atoms with Gasteiger partial charge in [0.25, 0.3) is 0 Å². The molecule has 0 radical (unpaired) electrons. The first-order valence-electron chi connectivity index (χ1n) is 7.00. The van der Waals surface area contributed by atoms with Gasteiger partial charge in [0, 0.05) is 25.0 Å². The van der Waals surface area contributed by atoms with Crippen LogP contribution in [-0.2, 0) is 9.53 Å². The average molecular weight is 271 g/mol. The minimum atomic E-state index is -0.406. The van der Waals surface area contributed by atoms with Gasteiger partial charge in [0.15, 0.2) is 0 Å². The summed E-state index contributed by atoms with van der Waals surface area (Å²) in [5.41, 5.74) is 5.48. The number of nitrogens with one attached hydrogen (secondary N) is 1. The summed E-state index contributed by atoms with van der Waals surface area (Å²) < 4.78 is 4.86. The van der Waals surface area contributed by atoms with Crippen LogP contribution in [0.3, 0.4) is 0 Å². The SMILES string of the molecule is CCOC(=O)NC1CCCN(C(=O)C(C)CCN)C1. The first-order valence-corrected chi connectivity index (χ1v) is 7.00. The molecule has 0 bridgehead atoms. The Bertz CT molecular complexity index is 310. The van der Waals surface area contributed by atoms with E-state index in [-0.39, 0.29) is 17.9 Å². The fraction of sp³-hybridized carbons (Fsp3) is 0.846. The summed E-state index contributed by atoms with van der Waals surface area (Å²) in [6.45, 7) is 5.86. The standard InChI is InChI=1S/C13H25N3O3/c1-3-19-13(18)15-11-5-4-8-16(9-11)12(17)10(2)6-7-14/h10-11H,3-9,14H2,1-2H3,(H,15,18). The van der Waals surface area contributed by atoms with Crippen molar-refractivity contribution in [2.24, 2.45) is 11.7 Å². The molecule has 2 unspecified atom stereocenters. The van der Waals surface area contributed by atoms with Crippen LogP contribution in [0.1, 0.15) is 33.1 Å². The summed E-state index contributed by atoms with van der Waals surface area (Å²) in [4.78, 5) is 25.4. The number of likely N-dealkylation sites (tertiary alicyclic amines) is 1. The first kappa shape index (κ1) is 15.8. The normalized spacial score (nSPS) is 20.8. The fourth-order valence-electron chi connectivity index (χ4n) is 2.32. The first-order chi connectivity index (χ1) is 9.08. The highest BCUT2D eigenvalue weighted by molar-refractivity contribution is 5.78. The highest BCUT2D eigenvalue weighted by Crippen LogP contribution is 2.14. The monoisotopic (exact) mass is 271 g/mol. The van der Waals surface area contributed by atoms with E-state index in [1.807, 2.05) is 11.8 Å². The molecule has 110 valence electrons. The lowest BCUT2D eigenvalue weighted by molar-refractivity contribution is -0.136. The van der Waals surface area contributed by atoms with Crippen molar-refractivity contribution < 1.29 is 14.3 Å². The molecule has 1 aliphatic rings. The van der Waals surface area contributed by atoms with E-state index in [9.17, 15) is 9.59 Å². The van der Waals surface area contributed by atoms with E-state index < -0.39 is 6.09 Å². The van der Waals surface area contributed by atoms with Crippen LogP contribution in [0.2, 0.25) is 0 Å². The van der Waals surface area contributed by atoms with Crippen LogP contribution < -0.4 is 11.1 Å². The Morgan fingerprint density at radius 3 is 2.89 bits per heavy atom. The number of nitrogens with two attached hydrogens (primary N) is 1. The molecule has 0 aromatic rings. The highest BCUT2D eigenvalue weighted by atomic mass is 16.5. The Morgan fingerprint density at radius 2 is 2.26 bits per heavy atom. The lowest BCUT2D eigenvalue weighted by atomic mass is 10.0. The molecule has 1 heterocycles. The molecule has 1 saturated heterocycles. The molecule has 0 aromatic heterocycles. The van der Waals surface area contributed by atoms with Crippen LogP contribution in [0.4, 0.5) is 4.79 Å². The van der Waals surface area contributed by atoms with Crippen molar-refractivity contribution in [3.63, 3.8) is 0 Å². The Hall–Kier alpha value is -1.30. The second kappa shape index (κ2) is 7.99. The summed E-state index contributed by atoms with van der Waals surface area (Å²) in [5, 5.41) is 2.80. The van der Waals surface area contributed by atoms with E-state index in [1.165, 1.54) is 0 Å². The third kappa shape index (κ3) is 5.06. The van der Waals surface area contributed by atoms with Gasteiger partial charge >= 0.3 is 6.09 Å². The van der Waals surface area contributed by atoms with Gasteiger partial charge in [0.1, 0.15) is 0 Å². The number of hydrogen-bond acceptors (Lipinski definition) is 4. The van der Waals surface area contributed by atoms with Crippen molar-refractivity contribution >= 4 is 12.0 Å². The Morgan fingerprint density at radius 1 is 1.53 bits per heavy atom. The molecule has 0 aromatic carbocycles. The topological polar surface area (TPSA) is 84.7 Å². The van der Waals surface area contributed by atoms with Crippen LogP contribution >= 0.6 is 0 Å². The molecule has 0 aliphatic carbocycles. The quantitative estimate of drug-likeness (QED) is 0.771. The van der Waals surface area contributed by atoms with Gasteiger partial charge in [-0.3, -0.25) is 4.79 Å². The number of carbonyl (C=O) groups is 2. The van der Waals surface area contributed by atoms with Crippen molar-refractivity contribution in [2.75, 3.05) is 26.2 Å². The summed E-state index contributed by atoms with van der Waals surface area (Å²) in [5.74, 6) is 0.0761. The van der Waals surface area contributed by atoms with E-state index in [4.69, 9.17) is 10.5 Å². The molecular formula is C13H25N3O3. The maximum absolute atomic E-state index is 12.2. The maximum atomic E-state index is 12.2. The molecule has 2 amide bonds. The number of nitrogens with zero attached hydrogens (tertiary/aromatic N) is 1. The summed E-state index contributed by atoms with van der Waals surface area (Å²) in [7, 11) is 0. The minimum Gasteiger partial charge on any atom is -0.450 e. The molecule has 0 spiro atoms. The van der Waals surface area contributed by atoms with Crippen LogP contribution in [0.15, 0.2) is 0 Å². The van der Waals surface area contributed by atoms with Crippen molar-refractivity contribution in [3.8, 4) is 0 Å². The summed E-state index contributed by atoms with van der Waals surface area (Å²) >= 11 is 0. The highest BCUT2D eigenvalue weighted by Gasteiger charge is 2.27. The maximum Gasteiger partial charge on any atom is 0.407 e. The molecule has 2 atom stereocenters. The third-order valence-corrected chi connectivity index (χ3v) is 3.35. The lowest BCUT2D eigenvalue weighted by Crippen LogP contribution is -2.51. The number of rotatable bonds is 5. The molecule has 1 rings (SSSR count). The van der Waals surface area contributed by atoms with Crippen LogP contribution in [-0.4, -0.2) is 49.2 Å². The zero-order valence-corrected chi connectivity index (χ0v) is 11.9. The number of piperidine rings is 1. The zero-order chi connectivity index (χ0) is 14.3. The van der Waals surface area contributed by atoms with Crippen molar-refractivity contribution in [3.05, 3.63) is 0 Å². The Balaban J connectivity index is 2.45. The number of carbonyl (C=O) groups excluding carboxylic acids is 2. The van der Waals surface area contributed by atoms with Gasteiger partial charge in [-0.05, 0) is 32.7 Å². The number of alkyl carbamates (subject to hydrolysis) is 1. The lowest BCUT2D eigenvalue weighted by Gasteiger charge is -2.34. The Kier molecular flexibility index (Phi) is 6.62. The second-order valence-electron chi connectivity index (χ2n) is 4.97. The molecule has 3 N–H and O–H groups in total. The molecule has 1 aliphatic heterocycles. The Labute approximate surface area is 114 Å². The molecule has 1 fully saturated rings. The number of amides is 2. The predicted octanol–water partition coefficient (Wildman–Crippen LogP) is 0.708. The third-order valence-electron chi connectivity index (χ3n) is 3.35. The predicted molar refractivity (Wildman–Crippen MR) is 72.6 cm³/mol. The molecule has 0 saturated carbocycles. The number of ether oxygens (including phenoxy) is 1. The summed E-state index contributed by atoms with van der Waals surface area (Å²) in [6.07, 6.45) is 2.08. The molecule has 6 heteroatoms. The van der Waals surface area contributed by atoms with E-state index in [1.54, 1.807) is 6.92 Å². The van der Waals surface area contributed by atoms with Gasteiger partial charge in [0.05, 0.1) is 6.61 Å². The van der Waals surface area contributed by atoms with Gasteiger partial charge in [-0.2, -0.15) is 0 Å². The van der Waals surface area contributed by atoms with E-state index >= 15 is 0 Å². The summed E-state index contributed by atoms with van der Waals surface area (Å²) in [6, 6.07) is -0.0122. The van der Waals surface area contributed by atoms with Crippen molar-refractivity contribution in [1.29, 1.82) is 0 Å². The van der Waals surface area contributed by atoms with E-state index in [0.29, 0.717) is 26.1 Å². The zero-order valence-electron chi connectivity index (χ0n) is 11.9. The smallest absolute Gasteiger partial charge is 0.407 e. The van der Waals surface area contributed by atoms with Gasteiger partial charge < -0.3 is 20.7 Å². The van der Waals surface area contributed by atoms with Crippen molar-refractivity contribution in [2.45, 2.75) is 39.2 Å².